The molecular formula is C34H38N4O6. The molecule has 2 aromatic heterocycles. The number of ether oxygens (including phenoxy) is 4. The molecular weight excluding hydrogens is 560 g/mol. The van der Waals surface area contributed by atoms with E-state index in [0.717, 1.165) is 48.5 Å². The number of rotatable bonds is 10. The van der Waals surface area contributed by atoms with Crippen molar-refractivity contribution in [2.75, 3.05) is 39.5 Å². The number of pyridine rings is 1. The number of hydrogen-bond donors (Lipinski definition) is 1. The molecule has 0 radical (unpaired) electrons. The van der Waals surface area contributed by atoms with Gasteiger partial charge in [0.2, 0.25) is 5.88 Å². The summed E-state index contributed by atoms with van der Waals surface area (Å²) < 4.78 is 25.0. The number of carboxylic acids is 1. The Bertz CT molecular complexity index is 1640. The topological polar surface area (TPSA) is 108 Å². The van der Waals surface area contributed by atoms with Gasteiger partial charge in [-0.3, -0.25) is 4.90 Å². The summed E-state index contributed by atoms with van der Waals surface area (Å²) in [5.74, 6) is 0.245. The van der Waals surface area contributed by atoms with Crippen LogP contribution in [0.5, 0.6) is 11.6 Å². The van der Waals surface area contributed by atoms with Gasteiger partial charge in [0.15, 0.2) is 5.82 Å². The van der Waals surface area contributed by atoms with Crippen molar-refractivity contribution in [2.45, 2.75) is 46.4 Å². The number of aromatic nitrogens is 3. The van der Waals surface area contributed by atoms with Crippen LogP contribution >= 0.6 is 0 Å². The van der Waals surface area contributed by atoms with Crippen LogP contribution in [-0.2, 0) is 29.0 Å². The van der Waals surface area contributed by atoms with Gasteiger partial charge in [-0.05, 0) is 73.2 Å². The molecule has 1 N–H and O–H groups in total. The third kappa shape index (κ3) is 6.33. The summed E-state index contributed by atoms with van der Waals surface area (Å²) >= 11 is 0. The number of fused-ring (bicyclic) bond motifs is 1. The Hall–Kier alpha value is -4.25. The highest BCUT2D eigenvalue weighted by Gasteiger charge is 2.24. The maximum Gasteiger partial charge on any atom is 0.342 e. The quantitative estimate of drug-likeness (QED) is 0.270. The SMILES string of the molecule is CCOc1c(C(=O)O)cnn1-c1cccc(-c2cccc(C)c2OCc2cc(C)c3c(c2)CCN(CC2COCCO2)C3)n1. The summed E-state index contributed by atoms with van der Waals surface area (Å²) in [7, 11) is 0. The molecule has 10 heteroatoms. The second-order valence-electron chi connectivity index (χ2n) is 11.2. The van der Waals surface area contributed by atoms with Crippen molar-refractivity contribution in [1.29, 1.82) is 0 Å². The molecule has 6 rings (SSSR count). The molecule has 4 aromatic rings. The first-order valence-electron chi connectivity index (χ1n) is 15.1. The van der Waals surface area contributed by atoms with Crippen LogP contribution < -0.4 is 9.47 Å². The van der Waals surface area contributed by atoms with E-state index in [9.17, 15) is 9.90 Å². The Morgan fingerprint density at radius 2 is 1.95 bits per heavy atom. The van der Waals surface area contributed by atoms with Crippen LogP contribution in [0.1, 0.15) is 45.1 Å². The Morgan fingerprint density at radius 3 is 2.75 bits per heavy atom. The van der Waals surface area contributed by atoms with Gasteiger partial charge in [0.05, 0.1) is 44.4 Å². The molecule has 44 heavy (non-hydrogen) atoms. The molecule has 2 aromatic carbocycles. The zero-order chi connectivity index (χ0) is 30.6. The first kappa shape index (κ1) is 29.8. The Kier molecular flexibility index (Phi) is 8.92. The van der Waals surface area contributed by atoms with Crippen LogP contribution in [0.25, 0.3) is 17.1 Å². The van der Waals surface area contributed by atoms with E-state index >= 15 is 0 Å². The highest BCUT2D eigenvalue weighted by Crippen LogP contribution is 2.34. The van der Waals surface area contributed by atoms with Crippen molar-refractivity contribution in [3.05, 3.63) is 88.1 Å². The fourth-order valence-electron chi connectivity index (χ4n) is 5.99. The first-order chi connectivity index (χ1) is 21.4. The van der Waals surface area contributed by atoms with Gasteiger partial charge >= 0.3 is 5.97 Å². The minimum absolute atomic E-state index is 0.0143. The normalized spacial score (nSPS) is 16.8. The van der Waals surface area contributed by atoms with Crippen LogP contribution in [0.4, 0.5) is 0 Å². The summed E-state index contributed by atoms with van der Waals surface area (Å²) in [4.78, 5) is 19.0. The van der Waals surface area contributed by atoms with Crippen LogP contribution in [0, 0.1) is 13.8 Å². The van der Waals surface area contributed by atoms with Crippen molar-refractivity contribution in [3.8, 4) is 28.7 Å². The average molecular weight is 599 g/mol. The molecule has 0 bridgehead atoms. The summed E-state index contributed by atoms with van der Waals surface area (Å²) in [6.07, 6.45) is 2.41. The number of aryl methyl sites for hydroxylation is 2. The number of aromatic carboxylic acids is 1. The van der Waals surface area contributed by atoms with Crippen molar-refractivity contribution >= 4 is 5.97 Å². The Labute approximate surface area is 257 Å². The largest absolute Gasteiger partial charge is 0.488 e. The van der Waals surface area contributed by atoms with E-state index in [1.165, 1.54) is 27.6 Å². The van der Waals surface area contributed by atoms with Crippen molar-refractivity contribution in [1.82, 2.24) is 19.7 Å². The second-order valence-corrected chi connectivity index (χ2v) is 11.2. The van der Waals surface area contributed by atoms with E-state index in [2.05, 4.69) is 29.1 Å². The number of hydrogen-bond acceptors (Lipinski definition) is 8. The minimum atomic E-state index is -1.11. The minimum Gasteiger partial charge on any atom is -0.488 e. The summed E-state index contributed by atoms with van der Waals surface area (Å²) in [5, 5.41) is 13.8. The van der Waals surface area contributed by atoms with Crippen LogP contribution in [-0.4, -0.2) is 76.4 Å². The summed E-state index contributed by atoms with van der Waals surface area (Å²) in [5.41, 5.74) is 7.69. The van der Waals surface area contributed by atoms with E-state index in [1.807, 2.05) is 37.3 Å². The third-order valence-electron chi connectivity index (χ3n) is 8.11. The lowest BCUT2D eigenvalue weighted by molar-refractivity contribution is -0.0985. The van der Waals surface area contributed by atoms with Crippen molar-refractivity contribution < 1.29 is 28.8 Å². The fraction of sp³-hybridized carbons (Fsp3) is 0.382. The molecule has 2 aliphatic rings. The van der Waals surface area contributed by atoms with Crippen LogP contribution in [0.3, 0.4) is 0 Å². The monoisotopic (exact) mass is 598 g/mol. The molecule has 10 nitrogen and oxygen atoms in total. The smallest absolute Gasteiger partial charge is 0.342 e. The van der Waals surface area contributed by atoms with Gasteiger partial charge in [0, 0.05) is 25.2 Å². The zero-order valence-electron chi connectivity index (χ0n) is 25.4. The number of carbonyl (C=O) groups is 1. The first-order valence-corrected chi connectivity index (χ1v) is 15.1. The second kappa shape index (κ2) is 13.2. The third-order valence-corrected chi connectivity index (χ3v) is 8.11. The van der Waals surface area contributed by atoms with E-state index in [0.29, 0.717) is 44.5 Å². The molecule has 0 aliphatic carbocycles. The maximum atomic E-state index is 11.7. The van der Waals surface area contributed by atoms with Gasteiger partial charge in [-0.25, -0.2) is 9.78 Å². The number of para-hydroxylation sites is 1. The van der Waals surface area contributed by atoms with Crippen molar-refractivity contribution in [2.24, 2.45) is 0 Å². The van der Waals surface area contributed by atoms with Gasteiger partial charge in [-0.2, -0.15) is 9.78 Å². The van der Waals surface area contributed by atoms with Gasteiger partial charge in [-0.15, -0.1) is 0 Å². The predicted octanol–water partition coefficient (Wildman–Crippen LogP) is 5.00. The van der Waals surface area contributed by atoms with E-state index in [-0.39, 0.29) is 17.5 Å². The molecule has 230 valence electrons. The lowest BCUT2D eigenvalue weighted by Gasteiger charge is -2.34. The van der Waals surface area contributed by atoms with E-state index in [4.69, 9.17) is 23.9 Å². The molecule has 0 amide bonds. The molecule has 0 saturated carbocycles. The van der Waals surface area contributed by atoms with Gasteiger partial charge < -0.3 is 24.1 Å². The van der Waals surface area contributed by atoms with Gasteiger partial charge in [0.25, 0.3) is 0 Å². The standard InChI is InChI=1S/C34H38N4O6/c1-4-42-33-28(34(39)40)17-35-38(33)31-10-6-9-30(36-31)27-8-5-7-22(2)32(27)44-20-24-15-23(3)29-19-37(12-11-25(29)16-24)18-26-21-41-13-14-43-26/h5-10,15-17,26H,4,11-14,18-21H2,1-3H3,(H,39,40). The number of nitrogens with zero attached hydrogens (tertiary/aromatic N) is 4. The molecule has 1 atom stereocenters. The van der Waals surface area contributed by atoms with Crippen LogP contribution in [0.15, 0.2) is 54.7 Å². The van der Waals surface area contributed by atoms with E-state index < -0.39 is 5.97 Å². The fourth-order valence-corrected chi connectivity index (χ4v) is 5.99. The molecule has 1 unspecified atom stereocenters. The maximum absolute atomic E-state index is 11.7. The Morgan fingerprint density at radius 1 is 1.09 bits per heavy atom. The van der Waals surface area contributed by atoms with Gasteiger partial charge in [0.1, 0.15) is 17.9 Å². The summed E-state index contributed by atoms with van der Waals surface area (Å²) in [6.45, 7) is 11.6. The molecule has 1 saturated heterocycles. The van der Waals surface area contributed by atoms with Crippen molar-refractivity contribution in [3.63, 3.8) is 0 Å². The predicted molar refractivity (Wildman–Crippen MR) is 165 cm³/mol. The number of carboxylic acid groups (broad SMARTS) is 1. The number of benzene rings is 2. The Balaban J connectivity index is 1.21. The molecule has 4 heterocycles. The lowest BCUT2D eigenvalue weighted by atomic mass is 9.93. The summed E-state index contributed by atoms with van der Waals surface area (Å²) in [6, 6.07) is 16.0. The zero-order valence-corrected chi connectivity index (χ0v) is 25.4. The highest BCUT2D eigenvalue weighted by atomic mass is 16.6. The molecule has 2 aliphatic heterocycles. The van der Waals surface area contributed by atoms with Crippen LogP contribution in [0.2, 0.25) is 0 Å². The lowest BCUT2D eigenvalue weighted by Crippen LogP contribution is -2.42. The van der Waals surface area contributed by atoms with E-state index in [1.54, 1.807) is 13.0 Å². The highest BCUT2D eigenvalue weighted by molar-refractivity contribution is 5.90. The molecule has 0 spiro atoms. The molecule has 1 fully saturated rings. The average Bonchev–Trinajstić information content (AvgIpc) is 3.45. The van der Waals surface area contributed by atoms with Gasteiger partial charge in [-0.1, -0.05) is 30.3 Å².